The van der Waals surface area contributed by atoms with Crippen LogP contribution in [0.5, 0.6) is 0 Å². The molecule has 0 bridgehead atoms. The van der Waals surface area contributed by atoms with Gasteiger partial charge in [0.05, 0.1) is 11.0 Å². The molecule has 10 rings (SSSR count). The first-order valence-corrected chi connectivity index (χ1v) is 17.8. The number of para-hydroxylation sites is 1. The molecule has 0 N–H and O–H groups in total. The highest BCUT2D eigenvalue weighted by Gasteiger charge is 2.17. The molecular weight excluding hydrogens is 629 g/mol. The first kappa shape index (κ1) is 30.0. The third kappa shape index (κ3) is 5.21. The van der Waals surface area contributed by atoms with E-state index in [1.54, 1.807) is 0 Å². The molecule has 1 aromatic heterocycles. The average molecular weight is 663 g/mol. The predicted molar refractivity (Wildman–Crippen MR) is 221 cm³/mol. The van der Waals surface area contributed by atoms with E-state index in [0.29, 0.717) is 0 Å². The van der Waals surface area contributed by atoms with Crippen molar-refractivity contribution in [2.75, 3.05) is 4.90 Å². The number of hydrogen-bond acceptors (Lipinski definition) is 1. The van der Waals surface area contributed by atoms with E-state index in [4.69, 9.17) is 0 Å². The van der Waals surface area contributed by atoms with Crippen LogP contribution in [0.15, 0.2) is 206 Å². The van der Waals surface area contributed by atoms with Crippen molar-refractivity contribution in [1.82, 2.24) is 4.57 Å². The van der Waals surface area contributed by atoms with Crippen LogP contribution in [-0.2, 0) is 0 Å². The van der Waals surface area contributed by atoms with Crippen LogP contribution >= 0.6 is 0 Å². The SMILES string of the molecule is c1ccc(-c2ccc(N(c3cccc(-c4ccccc4)c3)c3ccc4ccc(-n5c6ccccc6c6cc7ccccc7cc65)cc4c3)cc2)cc1. The van der Waals surface area contributed by atoms with Crippen molar-refractivity contribution in [1.29, 1.82) is 0 Å². The number of fused-ring (bicyclic) bond motifs is 5. The quantitative estimate of drug-likeness (QED) is 0.172. The topological polar surface area (TPSA) is 8.17 Å². The highest BCUT2D eigenvalue weighted by Crippen LogP contribution is 2.40. The van der Waals surface area contributed by atoms with E-state index < -0.39 is 0 Å². The second-order valence-corrected chi connectivity index (χ2v) is 13.4. The average Bonchev–Trinajstić information content (AvgIpc) is 3.54. The van der Waals surface area contributed by atoms with Crippen LogP contribution in [0.25, 0.3) is 71.3 Å². The Bertz CT molecular complexity index is 2890. The molecule has 0 saturated heterocycles. The molecule has 0 unspecified atom stereocenters. The molecule has 0 aliphatic heterocycles. The predicted octanol–water partition coefficient (Wildman–Crippen LogP) is 13.9. The Hall–Kier alpha value is -6.90. The molecule has 52 heavy (non-hydrogen) atoms. The van der Waals surface area contributed by atoms with Gasteiger partial charge in [0.2, 0.25) is 0 Å². The summed E-state index contributed by atoms with van der Waals surface area (Å²) in [5.74, 6) is 0. The van der Waals surface area contributed by atoms with Crippen molar-refractivity contribution < 1.29 is 0 Å². The Morgan fingerprint density at radius 2 is 0.885 bits per heavy atom. The zero-order valence-electron chi connectivity index (χ0n) is 28.5. The standard InChI is InChI=1S/C50H34N2/c1-3-12-35(13-4-1)37-22-26-43(27-23-37)51(44-19-11-18-39(30-44)36-14-5-2-6-15-36)45-28-24-38-25-29-46(32-42(38)31-45)52-49-21-10-9-20-47(49)48-33-40-16-7-8-17-41(40)34-50(48)52/h1-34H. The van der Waals surface area contributed by atoms with E-state index in [1.807, 2.05) is 0 Å². The fourth-order valence-corrected chi connectivity index (χ4v) is 7.77. The second kappa shape index (κ2) is 12.5. The molecule has 0 radical (unpaired) electrons. The second-order valence-electron chi connectivity index (χ2n) is 13.4. The van der Waals surface area contributed by atoms with Crippen LogP contribution < -0.4 is 4.90 Å². The minimum Gasteiger partial charge on any atom is -0.310 e. The summed E-state index contributed by atoms with van der Waals surface area (Å²) < 4.78 is 2.42. The Labute approximate surface area is 303 Å². The fourth-order valence-electron chi connectivity index (χ4n) is 7.77. The monoisotopic (exact) mass is 662 g/mol. The molecule has 2 heteroatoms. The molecule has 10 aromatic rings. The molecule has 0 spiro atoms. The minimum absolute atomic E-state index is 1.11. The molecule has 0 aliphatic carbocycles. The molecule has 1 heterocycles. The maximum Gasteiger partial charge on any atom is 0.0547 e. The third-order valence-electron chi connectivity index (χ3n) is 10.3. The number of rotatable bonds is 6. The van der Waals surface area contributed by atoms with Gasteiger partial charge < -0.3 is 9.47 Å². The Balaban J connectivity index is 1.14. The van der Waals surface area contributed by atoms with Gasteiger partial charge in [0.15, 0.2) is 0 Å². The summed E-state index contributed by atoms with van der Waals surface area (Å²) in [6.07, 6.45) is 0. The van der Waals surface area contributed by atoms with Crippen molar-refractivity contribution in [3.63, 3.8) is 0 Å². The van der Waals surface area contributed by atoms with E-state index in [1.165, 1.54) is 65.6 Å². The van der Waals surface area contributed by atoms with Crippen LogP contribution in [0.4, 0.5) is 17.1 Å². The van der Waals surface area contributed by atoms with Crippen molar-refractivity contribution in [3.8, 4) is 27.9 Å². The Kier molecular flexibility index (Phi) is 7.18. The summed E-state index contributed by atoms with van der Waals surface area (Å²) in [6, 6.07) is 74.7. The maximum atomic E-state index is 2.42. The van der Waals surface area contributed by atoms with Gasteiger partial charge in [-0.1, -0.05) is 140 Å². The van der Waals surface area contributed by atoms with Crippen LogP contribution in [0.2, 0.25) is 0 Å². The lowest BCUT2D eigenvalue weighted by Crippen LogP contribution is -2.10. The van der Waals surface area contributed by atoms with E-state index in [2.05, 4.69) is 216 Å². The summed E-state index contributed by atoms with van der Waals surface area (Å²) in [5, 5.41) is 7.43. The fraction of sp³-hybridized carbons (Fsp3) is 0. The zero-order chi connectivity index (χ0) is 34.4. The van der Waals surface area contributed by atoms with Crippen molar-refractivity contribution in [3.05, 3.63) is 206 Å². The summed E-state index contributed by atoms with van der Waals surface area (Å²) in [4.78, 5) is 2.37. The lowest BCUT2D eigenvalue weighted by atomic mass is 10.0. The van der Waals surface area contributed by atoms with Gasteiger partial charge in [-0.05, 0) is 111 Å². The summed E-state index contributed by atoms with van der Waals surface area (Å²) in [6.45, 7) is 0. The third-order valence-corrected chi connectivity index (χ3v) is 10.3. The van der Waals surface area contributed by atoms with Gasteiger partial charge in [-0.25, -0.2) is 0 Å². The summed E-state index contributed by atoms with van der Waals surface area (Å²) in [5.41, 5.74) is 11.7. The molecule has 9 aromatic carbocycles. The molecule has 0 atom stereocenters. The highest BCUT2D eigenvalue weighted by atomic mass is 15.1. The van der Waals surface area contributed by atoms with Gasteiger partial charge in [-0.3, -0.25) is 0 Å². The zero-order valence-corrected chi connectivity index (χ0v) is 28.5. The molecule has 0 saturated carbocycles. The van der Waals surface area contributed by atoms with Gasteiger partial charge in [-0.15, -0.1) is 0 Å². The highest BCUT2D eigenvalue weighted by molar-refractivity contribution is 6.13. The minimum atomic E-state index is 1.11. The summed E-state index contributed by atoms with van der Waals surface area (Å²) >= 11 is 0. The first-order valence-electron chi connectivity index (χ1n) is 17.8. The number of benzene rings is 9. The van der Waals surface area contributed by atoms with Crippen LogP contribution in [0, 0.1) is 0 Å². The summed E-state index contributed by atoms with van der Waals surface area (Å²) in [7, 11) is 0. The normalized spacial score (nSPS) is 11.5. The lowest BCUT2D eigenvalue weighted by molar-refractivity contribution is 1.19. The smallest absolute Gasteiger partial charge is 0.0547 e. The molecular formula is C50H34N2. The number of nitrogens with zero attached hydrogens (tertiary/aromatic N) is 2. The lowest BCUT2D eigenvalue weighted by Gasteiger charge is -2.26. The molecule has 0 fully saturated rings. The Morgan fingerprint density at radius 3 is 1.67 bits per heavy atom. The van der Waals surface area contributed by atoms with Gasteiger partial charge in [-0.2, -0.15) is 0 Å². The number of aromatic nitrogens is 1. The van der Waals surface area contributed by atoms with E-state index in [0.717, 1.165) is 22.7 Å². The van der Waals surface area contributed by atoms with Crippen LogP contribution in [-0.4, -0.2) is 4.57 Å². The van der Waals surface area contributed by atoms with Crippen molar-refractivity contribution in [2.45, 2.75) is 0 Å². The van der Waals surface area contributed by atoms with Crippen LogP contribution in [0.3, 0.4) is 0 Å². The molecule has 244 valence electrons. The van der Waals surface area contributed by atoms with Crippen LogP contribution in [0.1, 0.15) is 0 Å². The van der Waals surface area contributed by atoms with Crippen molar-refractivity contribution >= 4 is 60.4 Å². The van der Waals surface area contributed by atoms with Crippen molar-refractivity contribution in [2.24, 2.45) is 0 Å². The molecule has 0 aliphatic rings. The maximum absolute atomic E-state index is 2.42. The van der Waals surface area contributed by atoms with E-state index >= 15 is 0 Å². The van der Waals surface area contributed by atoms with E-state index in [9.17, 15) is 0 Å². The van der Waals surface area contributed by atoms with Gasteiger partial charge in [0.1, 0.15) is 0 Å². The molecule has 2 nitrogen and oxygen atoms in total. The first-order chi connectivity index (χ1) is 25.8. The van der Waals surface area contributed by atoms with Gasteiger partial charge in [0.25, 0.3) is 0 Å². The van der Waals surface area contributed by atoms with Gasteiger partial charge >= 0.3 is 0 Å². The van der Waals surface area contributed by atoms with Gasteiger partial charge in [0, 0.05) is 33.5 Å². The number of hydrogen-bond donors (Lipinski definition) is 0. The van der Waals surface area contributed by atoms with E-state index in [-0.39, 0.29) is 0 Å². The largest absolute Gasteiger partial charge is 0.310 e. The number of anilines is 3. The Morgan fingerprint density at radius 1 is 0.288 bits per heavy atom. The molecule has 0 amide bonds.